The van der Waals surface area contributed by atoms with E-state index >= 15 is 0 Å². The first-order valence-electron chi connectivity index (χ1n) is 8.91. The minimum absolute atomic E-state index is 0.280. The van der Waals surface area contributed by atoms with E-state index in [1.807, 2.05) is 0 Å². The molecule has 0 aromatic heterocycles. The van der Waals surface area contributed by atoms with E-state index in [1.165, 1.54) is 16.7 Å². The zero-order valence-electron chi connectivity index (χ0n) is 15.6. The second kappa shape index (κ2) is 7.78. The largest absolute Gasteiger partial charge is 0.396 e. The number of hydrogen-bond donors (Lipinski definition) is 1. The smallest absolute Gasteiger partial charge is 0.0446 e. The summed E-state index contributed by atoms with van der Waals surface area (Å²) in [5.74, 6) is 0. The zero-order chi connectivity index (χ0) is 17.0. The van der Waals surface area contributed by atoms with Gasteiger partial charge in [-0.15, -0.1) is 0 Å². The lowest BCUT2D eigenvalue weighted by Crippen LogP contribution is -2.54. The highest BCUT2D eigenvalue weighted by Crippen LogP contribution is 2.22. The van der Waals surface area contributed by atoms with E-state index in [-0.39, 0.29) is 6.61 Å². The summed E-state index contributed by atoms with van der Waals surface area (Å²) in [6.07, 6.45) is 0.874. The number of benzene rings is 1. The number of hydrogen-bond acceptors (Lipinski definition) is 3. The van der Waals surface area contributed by atoms with Crippen molar-refractivity contribution in [2.45, 2.75) is 53.6 Å². The number of rotatable bonds is 5. The van der Waals surface area contributed by atoms with Crippen LogP contribution in [0, 0.1) is 19.3 Å². The molecule has 1 aliphatic rings. The Kier molecular flexibility index (Phi) is 6.24. The molecule has 0 saturated carbocycles. The Morgan fingerprint density at radius 1 is 1.09 bits per heavy atom. The van der Waals surface area contributed by atoms with Crippen molar-refractivity contribution in [1.82, 2.24) is 9.80 Å². The van der Waals surface area contributed by atoms with Gasteiger partial charge in [-0.3, -0.25) is 9.80 Å². The molecule has 0 unspecified atom stereocenters. The fourth-order valence-electron chi connectivity index (χ4n) is 3.76. The predicted molar refractivity (Wildman–Crippen MR) is 97.7 cm³/mol. The molecular weight excluding hydrogens is 284 g/mol. The van der Waals surface area contributed by atoms with Gasteiger partial charge in [-0.05, 0) is 31.2 Å². The van der Waals surface area contributed by atoms with E-state index in [2.05, 4.69) is 62.6 Å². The van der Waals surface area contributed by atoms with Crippen LogP contribution in [-0.4, -0.2) is 53.7 Å². The Morgan fingerprint density at radius 2 is 1.74 bits per heavy atom. The summed E-state index contributed by atoms with van der Waals surface area (Å²) in [5.41, 5.74) is 4.41. The van der Waals surface area contributed by atoms with Gasteiger partial charge in [0.25, 0.3) is 0 Å². The molecule has 0 bridgehead atoms. The number of nitrogens with zero attached hydrogens (tertiary/aromatic N) is 2. The van der Waals surface area contributed by atoms with Crippen molar-refractivity contribution in [3.05, 3.63) is 34.9 Å². The van der Waals surface area contributed by atoms with Crippen LogP contribution in [0.15, 0.2) is 18.2 Å². The van der Waals surface area contributed by atoms with Gasteiger partial charge in [0.05, 0.1) is 0 Å². The van der Waals surface area contributed by atoms with Crippen molar-refractivity contribution in [2.24, 2.45) is 5.41 Å². The molecule has 0 amide bonds. The third kappa shape index (κ3) is 5.91. The van der Waals surface area contributed by atoms with Gasteiger partial charge in [0.1, 0.15) is 0 Å². The number of aryl methyl sites for hydroxylation is 2. The van der Waals surface area contributed by atoms with E-state index in [9.17, 15) is 5.11 Å². The Bertz CT molecular complexity index is 487. The van der Waals surface area contributed by atoms with E-state index < -0.39 is 0 Å². The molecule has 3 nitrogen and oxygen atoms in total. The Morgan fingerprint density at radius 3 is 2.30 bits per heavy atom. The molecule has 23 heavy (non-hydrogen) atoms. The molecule has 1 aliphatic heterocycles. The van der Waals surface area contributed by atoms with Crippen molar-refractivity contribution >= 4 is 0 Å². The molecule has 130 valence electrons. The molecule has 1 saturated heterocycles. The average Bonchev–Trinajstić information content (AvgIpc) is 2.39. The minimum atomic E-state index is 0.280. The Balaban J connectivity index is 2.00. The minimum Gasteiger partial charge on any atom is -0.396 e. The van der Waals surface area contributed by atoms with E-state index in [1.54, 1.807) is 0 Å². The number of aliphatic hydroxyl groups is 1. The van der Waals surface area contributed by atoms with Crippen LogP contribution in [0.3, 0.4) is 0 Å². The summed E-state index contributed by atoms with van der Waals surface area (Å²) in [6.45, 7) is 16.9. The van der Waals surface area contributed by atoms with Crippen molar-refractivity contribution < 1.29 is 5.11 Å². The first-order valence-corrected chi connectivity index (χ1v) is 8.91. The van der Waals surface area contributed by atoms with Gasteiger partial charge in [-0.2, -0.15) is 0 Å². The maximum atomic E-state index is 9.44. The van der Waals surface area contributed by atoms with Gasteiger partial charge in [0.2, 0.25) is 0 Å². The number of aliphatic hydroxyl groups excluding tert-OH is 1. The van der Waals surface area contributed by atoms with E-state index in [0.717, 1.165) is 39.1 Å². The Labute approximate surface area is 142 Å². The van der Waals surface area contributed by atoms with Gasteiger partial charge < -0.3 is 5.11 Å². The van der Waals surface area contributed by atoms with Crippen LogP contribution >= 0.6 is 0 Å². The average molecular weight is 319 g/mol. The van der Waals surface area contributed by atoms with Crippen LogP contribution in [0.25, 0.3) is 0 Å². The van der Waals surface area contributed by atoms with Gasteiger partial charge in [-0.1, -0.05) is 50.1 Å². The topological polar surface area (TPSA) is 26.7 Å². The molecule has 1 fully saturated rings. The first kappa shape index (κ1) is 18.4. The molecule has 1 aromatic carbocycles. The van der Waals surface area contributed by atoms with Crippen molar-refractivity contribution in [3.8, 4) is 0 Å². The highest BCUT2D eigenvalue weighted by molar-refractivity contribution is 5.28. The first-order chi connectivity index (χ1) is 10.8. The molecule has 0 radical (unpaired) electrons. The maximum Gasteiger partial charge on any atom is 0.0446 e. The molecule has 3 heteroatoms. The lowest BCUT2D eigenvalue weighted by molar-refractivity contribution is 0.0340. The standard InChI is InChI=1S/C20H34N2O/c1-16-10-17(2)12-18(11-16)13-21-7-8-22(15-20(3,4)5)19(14-21)6-9-23/h10-12,19,23H,6-9,13-15H2,1-5H3/t19-/m0/s1. The van der Waals surface area contributed by atoms with Crippen LogP contribution in [0.2, 0.25) is 0 Å². The fraction of sp³-hybridized carbons (Fsp3) is 0.700. The van der Waals surface area contributed by atoms with Gasteiger partial charge in [0, 0.05) is 45.4 Å². The fourth-order valence-corrected chi connectivity index (χ4v) is 3.76. The van der Waals surface area contributed by atoms with Crippen molar-refractivity contribution in [2.75, 3.05) is 32.8 Å². The van der Waals surface area contributed by atoms with Crippen LogP contribution < -0.4 is 0 Å². The third-order valence-corrected chi connectivity index (χ3v) is 4.52. The second-order valence-corrected chi connectivity index (χ2v) is 8.43. The van der Waals surface area contributed by atoms with Gasteiger partial charge in [0.15, 0.2) is 0 Å². The second-order valence-electron chi connectivity index (χ2n) is 8.43. The lowest BCUT2D eigenvalue weighted by atomic mass is 9.94. The summed E-state index contributed by atoms with van der Waals surface area (Å²) in [5, 5.41) is 9.44. The molecule has 1 N–H and O–H groups in total. The summed E-state index contributed by atoms with van der Waals surface area (Å²) in [7, 11) is 0. The van der Waals surface area contributed by atoms with E-state index in [0.29, 0.717) is 11.5 Å². The normalized spacial score (nSPS) is 20.9. The predicted octanol–water partition coefficient (Wildman–Crippen LogP) is 3.22. The summed E-state index contributed by atoms with van der Waals surface area (Å²) in [6, 6.07) is 7.31. The highest BCUT2D eigenvalue weighted by Gasteiger charge is 2.29. The number of piperazine rings is 1. The monoisotopic (exact) mass is 318 g/mol. The summed E-state index contributed by atoms with van der Waals surface area (Å²) >= 11 is 0. The van der Waals surface area contributed by atoms with Crippen molar-refractivity contribution in [1.29, 1.82) is 0 Å². The maximum absolute atomic E-state index is 9.44. The molecule has 1 heterocycles. The summed E-state index contributed by atoms with van der Waals surface area (Å²) < 4.78 is 0. The van der Waals surface area contributed by atoms with Crippen molar-refractivity contribution in [3.63, 3.8) is 0 Å². The quantitative estimate of drug-likeness (QED) is 0.903. The van der Waals surface area contributed by atoms with Gasteiger partial charge >= 0.3 is 0 Å². The molecule has 1 atom stereocenters. The molecule has 0 spiro atoms. The van der Waals surface area contributed by atoms with Crippen LogP contribution in [0.5, 0.6) is 0 Å². The molecular formula is C20H34N2O. The van der Waals surface area contributed by atoms with E-state index in [4.69, 9.17) is 0 Å². The summed E-state index contributed by atoms with van der Waals surface area (Å²) in [4.78, 5) is 5.13. The van der Waals surface area contributed by atoms with Crippen LogP contribution in [0.4, 0.5) is 0 Å². The van der Waals surface area contributed by atoms with Crippen LogP contribution in [-0.2, 0) is 6.54 Å². The molecule has 0 aliphatic carbocycles. The Hall–Kier alpha value is -0.900. The lowest BCUT2D eigenvalue weighted by Gasteiger charge is -2.44. The SMILES string of the molecule is Cc1cc(C)cc(CN2CCN(CC(C)(C)C)[C@@H](CCO)C2)c1. The van der Waals surface area contributed by atoms with Crippen LogP contribution in [0.1, 0.15) is 43.9 Å². The zero-order valence-corrected chi connectivity index (χ0v) is 15.6. The molecule has 1 aromatic rings. The highest BCUT2D eigenvalue weighted by atomic mass is 16.3. The third-order valence-electron chi connectivity index (χ3n) is 4.52. The van der Waals surface area contributed by atoms with Gasteiger partial charge in [-0.25, -0.2) is 0 Å². The molecule has 2 rings (SSSR count).